The van der Waals surface area contributed by atoms with E-state index in [4.69, 9.17) is 28.8 Å². The van der Waals surface area contributed by atoms with Crippen molar-refractivity contribution in [1.29, 1.82) is 0 Å². The Labute approximate surface area is 139 Å². The lowest BCUT2D eigenvalue weighted by molar-refractivity contribution is 0.102. The molecule has 0 saturated heterocycles. The van der Waals surface area contributed by atoms with Crippen molar-refractivity contribution in [3.8, 4) is 0 Å². The molecule has 1 aliphatic rings. The second kappa shape index (κ2) is 6.66. The maximum Gasteiger partial charge on any atom is 0.219 e. The zero-order chi connectivity index (χ0) is 17.0. The molecule has 120 valence electrons. The zero-order valence-corrected chi connectivity index (χ0v) is 13.4. The molecule has 0 aliphatic heterocycles. The molecule has 0 aromatic heterocycles. The molecule has 0 saturated carbocycles. The Bertz CT molecular complexity index is 732. The molecule has 1 aliphatic carbocycles. The molecule has 0 amide bonds. The van der Waals surface area contributed by atoms with Crippen LogP contribution in [0, 0.1) is 0 Å². The zero-order valence-electron chi connectivity index (χ0n) is 12.7. The molecular weight excluding hydrogens is 314 g/mol. The third kappa shape index (κ3) is 3.98. The van der Waals surface area contributed by atoms with Gasteiger partial charge in [-0.1, -0.05) is 48.0 Å². The van der Waals surface area contributed by atoms with Gasteiger partial charge >= 0.3 is 0 Å². The fourth-order valence-corrected chi connectivity index (χ4v) is 2.52. The monoisotopic (exact) mass is 331 g/mol. The van der Waals surface area contributed by atoms with E-state index in [2.05, 4.69) is 9.98 Å². The van der Waals surface area contributed by atoms with Gasteiger partial charge in [-0.3, -0.25) is 4.79 Å². The van der Waals surface area contributed by atoms with E-state index in [-0.39, 0.29) is 17.7 Å². The van der Waals surface area contributed by atoms with Crippen LogP contribution in [0.15, 0.2) is 63.1 Å². The molecule has 23 heavy (non-hydrogen) atoms. The molecule has 1 aromatic carbocycles. The van der Waals surface area contributed by atoms with Crippen LogP contribution in [0.2, 0.25) is 0 Å². The average Bonchev–Trinajstić information content (AvgIpc) is 2.49. The molecule has 0 spiro atoms. The first-order valence-corrected chi connectivity index (χ1v) is 7.32. The first-order chi connectivity index (χ1) is 10.8. The van der Waals surface area contributed by atoms with Crippen LogP contribution in [-0.2, 0) is 0 Å². The summed E-state index contributed by atoms with van der Waals surface area (Å²) in [7, 11) is 0. The van der Waals surface area contributed by atoms with Crippen LogP contribution in [0.5, 0.6) is 0 Å². The first-order valence-electron chi connectivity index (χ1n) is 6.94. The second-order valence-electron chi connectivity index (χ2n) is 5.33. The third-order valence-corrected chi connectivity index (χ3v) is 3.71. The van der Waals surface area contributed by atoms with Gasteiger partial charge in [0.1, 0.15) is 0 Å². The molecule has 1 unspecified atom stereocenters. The van der Waals surface area contributed by atoms with E-state index in [0.717, 1.165) is 0 Å². The van der Waals surface area contributed by atoms with E-state index < -0.39 is 5.54 Å². The van der Waals surface area contributed by atoms with Crippen molar-refractivity contribution in [2.45, 2.75) is 18.9 Å². The van der Waals surface area contributed by atoms with Crippen molar-refractivity contribution < 1.29 is 4.79 Å². The predicted molar refractivity (Wildman–Crippen MR) is 93.2 cm³/mol. The highest BCUT2D eigenvalue weighted by atomic mass is 35.5. The van der Waals surface area contributed by atoms with Gasteiger partial charge in [-0.25, -0.2) is 4.99 Å². The normalized spacial score (nSPS) is 21.2. The molecule has 6 N–H and O–H groups in total. The van der Waals surface area contributed by atoms with Gasteiger partial charge in [-0.05, 0) is 19.4 Å². The summed E-state index contributed by atoms with van der Waals surface area (Å²) in [5.74, 6) is -0.453. The highest BCUT2D eigenvalue weighted by molar-refractivity contribution is 6.32. The molecule has 7 heteroatoms. The number of Topliss-reactive ketones (excluding diaryl/α,β-unsaturated/α-hetero) is 1. The minimum atomic E-state index is -0.894. The summed E-state index contributed by atoms with van der Waals surface area (Å²) < 4.78 is 0. The predicted octanol–water partition coefficient (Wildman–Crippen LogP) is 1.67. The number of carbonyl (C=O) groups excluding carboxylic acids is 1. The summed E-state index contributed by atoms with van der Waals surface area (Å²) in [5, 5.41) is 0.484. The number of nitrogens with two attached hydrogens (primary N) is 3. The molecular formula is C16H18ClN5O. The van der Waals surface area contributed by atoms with Gasteiger partial charge in [0, 0.05) is 16.2 Å². The summed E-state index contributed by atoms with van der Waals surface area (Å²) in [5.41, 5.74) is 16.4. The fraction of sp³-hybridized carbons (Fsp3) is 0.188. The number of halogens is 1. The standard InChI is InChI=1S/C16H18ClN5O/c1-16(22-15(20)21-14(18)19)8-7-11(17)9-12(16)13(23)10-5-3-2-4-6-10/h2-7,9H,8H2,1H3,(H6,18,19,20,21,22). The quantitative estimate of drug-likeness (QED) is 0.443. The number of guanidine groups is 2. The molecule has 0 heterocycles. The smallest absolute Gasteiger partial charge is 0.219 e. The number of ketones is 1. The molecule has 1 aromatic rings. The highest BCUT2D eigenvalue weighted by Gasteiger charge is 2.35. The van der Waals surface area contributed by atoms with Gasteiger partial charge in [-0.2, -0.15) is 4.99 Å². The Hall–Kier alpha value is -2.60. The van der Waals surface area contributed by atoms with E-state index in [1.54, 1.807) is 43.3 Å². The van der Waals surface area contributed by atoms with Crippen LogP contribution in [0.1, 0.15) is 23.7 Å². The van der Waals surface area contributed by atoms with Crippen molar-refractivity contribution in [3.63, 3.8) is 0 Å². The van der Waals surface area contributed by atoms with Crippen molar-refractivity contribution in [3.05, 3.63) is 58.7 Å². The highest BCUT2D eigenvalue weighted by Crippen LogP contribution is 2.35. The van der Waals surface area contributed by atoms with E-state index in [1.165, 1.54) is 0 Å². The minimum Gasteiger partial charge on any atom is -0.370 e. The number of carbonyl (C=O) groups is 1. The topological polar surface area (TPSA) is 120 Å². The number of allylic oxidation sites excluding steroid dienone is 2. The fourth-order valence-electron chi connectivity index (χ4n) is 2.33. The van der Waals surface area contributed by atoms with E-state index in [0.29, 0.717) is 22.6 Å². The molecule has 0 bridgehead atoms. The number of hydrogen-bond donors (Lipinski definition) is 3. The Morgan fingerprint density at radius 3 is 2.48 bits per heavy atom. The van der Waals surface area contributed by atoms with E-state index >= 15 is 0 Å². The first kappa shape index (κ1) is 16.8. The summed E-state index contributed by atoms with van der Waals surface area (Å²) in [6, 6.07) is 8.90. The average molecular weight is 332 g/mol. The number of hydrogen-bond acceptors (Lipinski definition) is 2. The SMILES string of the molecule is CC1(N=C(N)N=C(N)N)CC=C(Cl)C=C1C(=O)c1ccccc1. The van der Waals surface area contributed by atoms with Crippen molar-refractivity contribution in [2.75, 3.05) is 0 Å². The van der Waals surface area contributed by atoms with Crippen LogP contribution in [0.25, 0.3) is 0 Å². The summed E-state index contributed by atoms with van der Waals surface area (Å²) >= 11 is 6.08. The van der Waals surface area contributed by atoms with Crippen molar-refractivity contribution >= 4 is 29.3 Å². The number of aliphatic imine (C=N–C) groups is 2. The van der Waals surface area contributed by atoms with Crippen LogP contribution >= 0.6 is 11.6 Å². The Balaban J connectivity index is 2.46. The summed E-state index contributed by atoms with van der Waals surface area (Å²) in [4.78, 5) is 20.9. The van der Waals surface area contributed by atoms with Crippen molar-refractivity contribution in [2.24, 2.45) is 27.2 Å². The van der Waals surface area contributed by atoms with Crippen LogP contribution in [0.4, 0.5) is 0 Å². The Kier molecular flexibility index (Phi) is 4.86. The van der Waals surface area contributed by atoms with Gasteiger partial charge < -0.3 is 17.2 Å². The number of nitrogens with zero attached hydrogens (tertiary/aromatic N) is 2. The molecule has 1 atom stereocenters. The van der Waals surface area contributed by atoms with Crippen molar-refractivity contribution in [1.82, 2.24) is 0 Å². The van der Waals surface area contributed by atoms with Crippen LogP contribution in [-0.4, -0.2) is 23.2 Å². The molecule has 6 nitrogen and oxygen atoms in total. The van der Waals surface area contributed by atoms with Crippen LogP contribution < -0.4 is 17.2 Å². The van der Waals surface area contributed by atoms with E-state index in [9.17, 15) is 4.79 Å². The third-order valence-electron chi connectivity index (χ3n) is 3.44. The molecule has 2 rings (SSSR count). The van der Waals surface area contributed by atoms with Gasteiger partial charge in [0.15, 0.2) is 11.7 Å². The van der Waals surface area contributed by atoms with Gasteiger partial charge in [0.05, 0.1) is 5.54 Å². The van der Waals surface area contributed by atoms with Crippen LogP contribution in [0.3, 0.4) is 0 Å². The number of benzene rings is 1. The Morgan fingerprint density at radius 2 is 1.87 bits per heavy atom. The summed E-state index contributed by atoms with van der Waals surface area (Å²) in [6.07, 6.45) is 3.79. The maximum atomic E-state index is 12.8. The summed E-state index contributed by atoms with van der Waals surface area (Å²) in [6.45, 7) is 1.79. The lowest BCUT2D eigenvalue weighted by atomic mass is 9.81. The number of rotatable bonds is 3. The molecule has 0 fully saturated rings. The lowest BCUT2D eigenvalue weighted by Gasteiger charge is -2.29. The largest absolute Gasteiger partial charge is 0.370 e. The Morgan fingerprint density at radius 1 is 1.22 bits per heavy atom. The van der Waals surface area contributed by atoms with Gasteiger partial charge in [0.25, 0.3) is 0 Å². The lowest BCUT2D eigenvalue weighted by Crippen LogP contribution is -2.35. The minimum absolute atomic E-state index is 0.0920. The molecule has 0 radical (unpaired) electrons. The van der Waals surface area contributed by atoms with E-state index in [1.807, 2.05) is 6.07 Å². The second-order valence-corrected chi connectivity index (χ2v) is 5.76. The maximum absolute atomic E-state index is 12.8. The van der Waals surface area contributed by atoms with Gasteiger partial charge in [-0.15, -0.1) is 0 Å². The van der Waals surface area contributed by atoms with Gasteiger partial charge in [0.2, 0.25) is 5.96 Å².